The van der Waals surface area contributed by atoms with Crippen molar-refractivity contribution >= 4 is 42.7 Å². The Bertz CT molecular complexity index is 1840. The van der Waals surface area contributed by atoms with Crippen LogP contribution in [-0.4, -0.2) is 62.1 Å². The van der Waals surface area contributed by atoms with Crippen LogP contribution in [0.5, 0.6) is 0 Å². The molecule has 0 aliphatic heterocycles. The summed E-state index contributed by atoms with van der Waals surface area (Å²) in [5, 5.41) is 8.44. The SMILES string of the molecule is COC(=O)c1ccccc1C(=O)OC.O=Cc1ccc(CO)o1.O=Cc1ccc(COC(=O)c2ccccc2C(=O)OCc2ccc(C=O)o2)o1. The van der Waals surface area contributed by atoms with Crippen molar-refractivity contribution in [1.29, 1.82) is 0 Å². The molecule has 15 heteroatoms. The van der Waals surface area contributed by atoms with E-state index in [1.54, 1.807) is 30.3 Å². The van der Waals surface area contributed by atoms with Crippen LogP contribution in [0.25, 0.3) is 0 Å². The van der Waals surface area contributed by atoms with E-state index in [1.165, 1.54) is 68.8 Å². The lowest BCUT2D eigenvalue weighted by Gasteiger charge is -2.08. The third-order valence-electron chi connectivity index (χ3n) is 6.35. The first-order valence-electron chi connectivity index (χ1n) is 14.6. The number of esters is 4. The summed E-state index contributed by atoms with van der Waals surface area (Å²) in [7, 11) is 2.52. The number of aliphatic hydroxyl groups excluding tert-OH is 1. The fourth-order valence-corrected chi connectivity index (χ4v) is 3.94. The Morgan fingerprint density at radius 3 is 1.10 bits per heavy atom. The highest BCUT2D eigenvalue weighted by molar-refractivity contribution is 6.03. The highest BCUT2D eigenvalue weighted by Crippen LogP contribution is 2.16. The number of furan rings is 3. The predicted octanol–water partition coefficient (Wildman–Crippen LogP) is 5.06. The molecule has 51 heavy (non-hydrogen) atoms. The van der Waals surface area contributed by atoms with Gasteiger partial charge in [-0.3, -0.25) is 14.4 Å². The second kappa shape index (κ2) is 19.8. The number of hydrogen-bond acceptors (Lipinski definition) is 15. The van der Waals surface area contributed by atoms with Crippen molar-refractivity contribution in [2.24, 2.45) is 0 Å². The molecule has 0 spiro atoms. The van der Waals surface area contributed by atoms with Crippen LogP contribution < -0.4 is 0 Å². The molecule has 0 aliphatic rings. The highest BCUT2D eigenvalue weighted by atomic mass is 16.6. The Morgan fingerprint density at radius 2 is 0.824 bits per heavy atom. The van der Waals surface area contributed by atoms with Gasteiger partial charge in [0, 0.05) is 0 Å². The number of carbonyl (C=O) groups is 7. The molecule has 5 aromatic rings. The van der Waals surface area contributed by atoms with Crippen molar-refractivity contribution in [1.82, 2.24) is 0 Å². The van der Waals surface area contributed by atoms with Gasteiger partial charge in [0.2, 0.25) is 0 Å². The molecule has 0 aliphatic carbocycles. The Kier molecular flexibility index (Phi) is 15.0. The molecule has 0 atom stereocenters. The van der Waals surface area contributed by atoms with Gasteiger partial charge >= 0.3 is 23.9 Å². The molecule has 0 unspecified atom stereocenters. The van der Waals surface area contributed by atoms with E-state index in [9.17, 15) is 33.6 Å². The number of rotatable bonds is 12. The normalized spacial score (nSPS) is 9.86. The Balaban J connectivity index is 0.000000251. The summed E-state index contributed by atoms with van der Waals surface area (Å²) < 4.78 is 34.3. The maximum Gasteiger partial charge on any atom is 0.339 e. The van der Waals surface area contributed by atoms with Gasteiger partial charge in [-0.1, -0.05) is 24.3 Å². The molecule has 5 rings (SSSR count). The minimum absolute atomic E-state index is 0.0164. The first-order chi connectivity index (χ1) is 24.7. The summed E-state index contributed by atoms with van der Waals surface area (Å²) >= 11 is 0. The van der Waals surface area contributed by atoms with E-state index in [0.717, 1.165) is 0 Å². The molecule has 0 fully saturated rings. The first-order valence-corrected chi connectivity index (χ1v) is 14.6. The molecule has 0 amide bonds. The summed E-state index contributed by atoms with van der Waals surface area (Å²) in [6.07, 6.45) is 1.67. The van der Waals surface area contributed by atoms with Gasteiger partial charge in [0.1, 0.15) is 37.1 Å². The molecule has 264 valence electrons. The Morgan fingerprint density at radius 1 is 0.510 bits per heavy atom. The van der Waals surface area contributed by atoms with Crippen LogP contribution in [0.2, 0.25) is 0 Å². The van der Waals surface area contributed by atoms with E-state index < -0.39 is 23.9 Å². The van der Waals surface area contributed by atoms with Gasteiger partial charge in [-0.15, -0.1) is 0 Å². The zero-order valence-electron chi connectivity index (χ0n) is 27.1. The Labute approximate surface area is 289 Å². The second-order valence-corrected chi connectivity index (χ2v) is 9.65. The van der Waals surface area contributed by atoms with Crippen molar-refractivity contribution in [2.45, 2.75) is 19.8 Å². The van der Waals surface area contributed by atoms with Gasteiger partial charge in [-0.2, -0.15) is 0 Å². The maximum absolute atomic E-state index is 12.3. The van der Waals surface area contributed by atoms with E-state index in [4.69, 9.17) is 27.8 Å². The lowest BCUT2D eigenvalue weighted by molar-refractivity contribution is 0.0398. The molecular formula is C36H30O15. The molecule has 0 saturated heterocycles. The summed E-state index contributed by atoms with van der Waals surface area (Å²) in [6, 6.07) is 21.3. The topological polar surface area (TPSA) is 216 Å². The van der Waals surface area contributed by atoms with Gasteiger partial charge < -0.3 is 37.3 Å². The molecule has 2 aromatic carbocycles. The first kappa shape index (κ1) is 38.6. The summed E-state index contributed by atoms with van der Waals surface area (Å²) in [5.41, 5.74) is 0.453. The second-order valence-electron chi connectivity index (χ2n) is 9.65. The van der Waals surface area contributed by atoms with Crippen LogP contribution in [0, 0.1) is 0 Å². The largest absolute Gasteiger partial charge is 0.465 e. The van der Waals surface area contributed by atoms with Gasteiger partial charge in [-0.25, -0.2) is 19.2 Å². The third-order valence-corrected chi connectivity index (χ3v) is 6.35. The van der Waals surface area contributed by atoms with E-state index in [-0.39, 0.29) is 59.4 Å². The lowest BCUT2D eigenvalue weighted by atomic mass is 10.1. The molecule has 3 heterocycles. The molecular weight excluding hydrogens is 672 g/mol. The van der Waals surface area contributed by atoms with Crippen molar-refractivity contribution in [3.63, 3.8) is 0 Å². The van der Waals surface area contributed by atoms with E-state index in [1.807, 2.05) is 0 Å². The highest BCUT2D eigenvalue weighted by Gasteiger charge is 2.20. The van der Waals surface area contributed by atoms with Gasteiger partial charge in [0.15, 0.2) is 36.1 Å². The number of carbonyl (C=O) groups excluding carboxylic acids is 7. The summed E-state index contributed by atoms with van der Waals surface area (Å²) in [5.74, 6) is -1.13. The zero-order chi connectivity index (χ0) is 37.2. The van der Waals surface area contributed by atoms with Crippen LogP contribution in [0.15, 0.2) is 98.2 Å². The Hall–Kier alpha value is -6.87. The average molecular weight is 703 g/mol. The quantitative estimate of drug-likeness (QED) is 0.102. The van der Waals surface area contributed by atoms with Gasteiger partial charge in [0.05, 0.1) is 36.5 Å². The monoisotopic (exact) mass is 702 g/mol. The van der Waals surface area contributed by atoms with Crippen molar-refractivity contribution in [3.05, 3.63) is 142 Å². The number of aldehydes is 3. The van der Waals surface area contributed by atoms with Crippen molar-refractivity contribution in [2.75, 3.05) is 14.2 Å². The van der Waals surface area contributed by atoms with Crippen LogP contribution in [0.1, 0.15) is 90.4 Å². The van der Waals surface area contributed by atoms with Crippen LogP contribution in [0.3, 0.4) is 0 Å². The minimum atomic E-state index is -0.752. The molecule has 0 saturated carbocycles. The molecule has 0 radical (unpaired) electrons. The number of methoxy groups -OCH3 is 2. The average Bonchev–Trinajstić information content (AvgIpc) is 3.97. The smallest absolute Gasteiger partial charge is 0.339 e. The third kappa shape index (κ3) is 11.4. The summed E-state index contributed by atoms with van der Waals surface area (Å²) in [4.78, 5) is 78.3. The van der Waals surface area contributed by atoms with E-state index >= 15 is 0 Å². The minimum Gasteiger partial charge on any atom is -0.465 e. The number of benzene rings is 2. The number of hydrogen-bond donors (Lipinski definition) is 1. The molecule has 3 aromatic heterocycles. The van der Waals surface area contributed by atoms with Gasteiger partial charge in [-0.05, 0) is 60.7 Å². The van der Waals surface area contributed by atoms with Crippen LogP contribution in [-0.2, 0) is 38.8 Å². The summed E-state index contributed by atoms with van der Waals surface area (Å²) in [6.45, 7) is -0.554. The number of ether oxygens (including phenoxy) is 4. The maximum atomic E-state index is 12.3. The fraction of sp³-hybridized carbons (Fsp3) is 0.139. The van der Waals surface area contributed by atoms with Crippen LogP contribution in [0.4, 0.5) is 0 Å². The molecule has 15 nitrogen and oxygen atoms in total. The number of aliphatic hydroxyl groups is 1. The van der Waals surface area contributed by atoms with Crippen molar-refractivity contribution in [3.8, 4) is 0 Å². The lowest BCUT2D eigenvalue weighted by Crippen LogP contribution is -2.13. The fourth-order valence-electron chi connectivity index (χ4n) is 3.94. The predicted molar refractivity (Wildman–Crippen MR) is 172 cm³/mol. The van der Waals surface area contributed by atoms with Crippen LogP contribution >= 0.6 is 0 Å². The van der Waals surface area contributed by atoms with E-state index in [2.05, 4.69) is 9.47 Å². The van der Waals surface area contributed by atoms with Gasteiger partial charge in [0.25, 0.3) is 0 Å². The zero-order valence-corrected chi connectivity index (χ0v) is 27.1. The van der Waals surface area contributed by atoms with Crippen molar-refractivity contribution < 1.29 is 70.9 Å². The molecule has 0 bridgehead atoms. The van der Waals surface area contributed by atoms with E-state index in [0.29, 0.717) is 36.1 Å². The molecule has 1 N–H and O–H groups in total. The standard InChI is InChI=1S/C20H14O8.C10H10O4.C6H6O3/c21-9-13-5-7-15(27-13)11-25-19(23)17-3-1-2-4-18(17)20(24)26-12-16-8-6-14(10-22)28-16;1-13-9(11)7-5-3-4-6-8(7)10(12)14-2;7-3-5-1-2-6(4-8)9-5/h1-10H,11-12H2;3-6H,1-2H3;1-3,8H,4H2.